The summed E-state index contributed by atoms with van der Waals surface area (Å²) in [5, 5.41) is 19.6. The maximum atomic E-state index is 10.1. The van der Waals surface area contributed by atoms with Crippen molar-refractivity contribution in [3.05, 3.63) is 144 Å². The Morgan fingerprint density at radius 2 is 0.956 bits per heavy atom. The molecule has 0 amide bonds. The van der Waals surface area contributed by atoms with E-state index in [2.05, 4.69) is 0 Å². The van der Waals surface area contributed by atoms with Crippen LogP contribution >= 0.6 is 0 Å². The number of hydrogen-bond acceptors (Lipinski definition) is 8. The number of benzene rings is 4. The number of ether oxygens (including phenoxy) is 6. The minimum absolute atomic E-state index is 0.148. The molecule has 8 heteroatoms. The van der Waals surface area contributed by atoms with Gasteiger partial charge in [0.05, 0.1) is 46.2 Å². The molecule has 8 nitrogen and oxygen atoms in total. The molecule has 45 heavy (non-hydrogen) atoms. The van der Waals surface area contributed by atoms with Gasteiger partial charge in [0, 0.05) is 0 Å². The van der Waals surface area contributed by atoms with Crippen molar-refractivity contribution in [3.63, 3.8) is 0 Å². The van der Waals surface area contributed by atoms with Gasteiger partial charge >= 0.3 is 0 Å². The Bertz CT molecular complexity index is 1340. The molecule has 1 aliphatic rings. The normalized spacial score (nSPS) is 22.2. The zero-order valence-corrected chi connectivity index (χ0v) is 25.3. The molecular formula is C37H42O8. The molecule has 0 spiro atoms. The van der Waals surface area contributed by atoms with Gasteiger partial charge in [0.15, 0.2) is 6.29 Å². The van der Waals surface area contributed by atoms with Gasteiger partial charge in [-0.2, -0.15) is 0 Å². The van der Waals surface area contributed by atoms with Crippen molar-refractivity contribution in [1.82, 2.24) is 0 Å². The Kier molecular flexibility index (Phi) is 13.1. The molecule has 5 rings (SSSR count). The number of aliphatic hydroxyl groups is 2. The van der Waals surface area contributed by atoms with Gasteiger partial charge in [0.25, 0.3) is 0 Å². The third-order valence-electron chi connectivity index (χ3n) is 7.50. The minimum Gasteiger partial charge on any atom is -0.394 e. The number of hydrogen-bond donors (Lipinski definition) is 2. The lowest BCUT2D eigenvalue weighted by molar-refractivity contribution is -0.331. The first-order valence-corrected chi connectivity index (χ1v) is 15.3. The lowest BCUT2D eigenvalue weighted by atomic mass is 9.97. The van der Waals surface area contributed by atoms with Gasteiger partial charge in [-0.15, -0.1) is 0 Å². The Labute approximate surface area is 265 Å². The van der Waals surface area contributed by atoms with E-state index in [9.17, 15) is 10.2 Å². The molecule has 0 aromatic heterocycles. The Balaban J connectivity index is 1.43. The number of aliphatic hydroxyl groups excluding tert-OH is 2. The highest BCUT2D eigenvalue weighted by Crippen LogP contribution is 2.31. The van der Waals surface area contributed by atoms with Crippen LogP contribution in [0.4, 0.5) is 0 Å². The summed E-state index contributed by atoms with van der Waals surface area (Å²) in [6.07, 6.45) is -4.55. The zero-order valence-electron chi connectivity index (χ0n) is 25.3. The molecule has 0 radical (unpaired) electrons. The minimum atomic E-state index is -1.08. The molecule has 1 fully saturated rings. The van der Waals surface area contributed by atoms with E-state index in [4.69, 9.17) is 28.4 Å². The summed E-state index contributed by atoms with van der Waals surface area (Å²) >= 11 is 0. The average Bonchev–Trinajstić information content (AvgIpc) is 3.10. The molecule has 4 aromatic carbocycles. The fourth-order valence-electron chi connectivity index (χ4n) is 5.14. The quantitative estimate of drug-likeness (QED) is 0.171. The zero-order chi connectivity index (χ0) is 31.1. The molecule has 6 unspecified atom stereocenters. The molecule has 2 N–H and O–H groups in total. The summed E-state index contributed by atoms with van der Waals surface area (Å²) in [6, 6.07) is 39.6. The van der Waals surface area contributed by atoms with Crippen molar-refractivity contribution in [2.24, 2.45) is 0 Å². The average molecular weight is 615 g/mol. The summed E-state index contributed by atoms with van der Waals surface area (Å²) in [5.74, 6) is 0. The highest BCUT2D eigenvalue weighted by atomic mass is 16.7. The monoisotopic (exact) mass is 614 g/mol. The first-order valence-electron chi connectivity index (χ1n) is 15.3. The second kappa shape index (κ2) is 17.9. The van der Waals surface area contributed by atoms with Crippen molar-refractivity contribution in [3.8, 4) is 0 Å². The van der Waals surface area contributed by atoms with Crippen LogP contribution in [0.1, 0.15) is 22.3 Å². The standard InChI is InChI=1S/C37H42O8/c38-21-32(39)26-44-37-36(43-25-31-19-11-4-12-20-31)35(42-24-30-17-9-3-10-18-30)34(41-23-29-15-7-2-8-16-29)33(45-37)27-40-22-28-13-5-1-6-14-28/h1-20,32-39H,21-27H2. The first kappa shape index (κ1) is 32.9. The molecule has 0 saturated carbocycles. The van der Waals surface area contributed by atoms with E-state index in [1.54, 1.807) is 0 Å². The maximum Gasteiger partial charge on any atom is 0.187 e. The van der Waals surface area contributed by atoms with Crippen LogP contribution in [0.3, 0.4) is 0 Å². The fourth-order valence-corrected chi connectivity index (χ4v) is 5.14. The topological polar surface area (TPSA) is 95.8 Å². The van der Waals surface area contributed by atoms with Gasteiger partial charge in [-0.3, -0.25) is 0 Å². The predicted octanol–water partition coefficient (Wildman–Crippen LogP) is 5.05. The molecule has 1 saturated heterocycles. The van der Waals surface area contributed by atoms with Crippen molar-refractivity contribution >= 4 is 0 Å². The third-order valence-corrected chi connectivity index (χ3v) is 7.50. The lowest BCUT2D eigenvalue weighted by Gasteiger charge is -2.46. The Morgan fingerprint density at radius 3 is 1.42 bits per heavy atom. The highest BCUT2D eigenvalue weighted by Gasteiger charge is 2.49. The smallest absolute Gasteiger partial charge is 0.187 e. The lowest BCUT2D eigenvalue weighted by Crippen LogP contribution is -2.62. The summed E-state index contributed by atoms with van der Waals surface area (Å²) in [7, 11) is 0. The van der Waals surface area contributed by atoms with Gasteiger partial charge in [-0.25, -0.2) is 0 Å². The highest BCUT2D eigenvalue weighted by molar-refractivity contribution is 5.16. The van der Waals surface area contributed by atoms with Crippen LogP contribution in [0.15, 0.2) is 121 Å². The molecule has 0 aliphatic carbocycles. The van der Waals surface area contributed by atoms with Crippen LogP contribution in [0, 0.1) is 0 Å². The van der Waals surface area contributed by atoms with Crippen molar-refractivity contribution < 1.29 is 38.6 Å². The van der Waals surface area contributed by atoms with Gasteiger partial charge in [-0.05, 0) is 22.3 Å². The SMILES string of the molecule is OCC(O)COC1OC(COCc2ccccc2)C(OCc2ccccc2)C(OCc2ccccc2)C1OCc1ccccc1. The van der Waals surface area contributed by atoms with E-state index < -0.39 is 43.4 Å². The summed E-state index contributed by atoms with van der Waals surface area (Å²) < 4.78 is 38.5. The van der Waals surface area contributed by atoms with Crippen LogP contribution in [-0.4, -0.2) is 66.8 Å². The predicted molar refractivity (Wildman–Crippen MR) is 169 cm³/mol. The van der Waals surface area contributed by atoms with Crippen molar-refractivity contribution in [2.75, 3.05) is 19.8 Å². The van der Waals surface area contributed by atoms with Gasteiger partial charge in [0.1, 0.15) is 30.5 Å². The van der Waals surface area contributed by atoms with Crippen molar-refractivity contribution in [1.29, 1.82) is 0 Å². The van der Waals surface area contributed by atoms with Crippen LogP contribution in [0.25, 0.3) is 0 Å². The molecule has 1 aliphatic heterocycles. The Morgan fingerprint density at radius 1 is 0.533 bits per heavy atom. The fraction of sp³-hybridized carbons (Fsp3) is 0.351. The van der Waals surface area contributed by atoms with Crippen LogP contribution in [-0.2, 0) is 54.8 Å². The van der Waals surface area contributed by atoms with Crippen LogP contribution < -0.4 is 0 Å². The molecule has 4 aromatic rings. The van der Waals surface area contributed by atoms with E-state index in [0.29, 0.717) is 19.8 Å². The second-order valence-electron chi connectivity index (χ2n) is 11.0. The molecule has 0 bridgehead atoms. The van der Waals surface area contributed by atoms with Crippen LogP contribution in [0.2, 0.25) is 0 Å². The van der Waals surface area contributed by atoms with Crippen LogP contribution in [0.5, 0.6) is 0 Å². The molecule has 238 valence electrons. The van der Waals surface area contributed by atoms with Crippen molar-refractivity contribution in [2.45, 2.75) is 63.2 Å². The van der Waals surface area contributed by atoms with E-state index >= 15 is 0 Å². The molecule has 6 atom stereocenters. The number of rotatable bonds is 17. The summed E-state index contributed by atoms with van der Waals surface area (Å²) in [5.41, 5.74) is 4.02. The third kappa shape index (κ3) is 10.3. The Hall–Kier alpha value is -3.44. The van der Waals surface area contributed by atoms with E-state index in [0.717, 1.165) is 22.3 Å². The summed E-state index contributed by atoms with van der Waals surface area (Å²) in [4.78, 5) is 0. The second-order valence-corrected chi connectivity index (χ2v) is 11.0. The molecule has 1 heterocycles. The first-order chi connectivity index (χ1) is 22.2. The van der Waals surface area contributed by atoms with E-state index in [-0.39, 0.29) is 19.8 Å². The summed E-state index contributed by atoms with van der Waals surface area (Å²) in [6.45, 7) is 0.926. The molecular weight excluding hydrogens is 572 g/mol. The largest absolute Gasteiger partial charge is 0.394 e. The van der Waals surface area contributed by atoms with Gasteiger partial charge in [-0.1, -0.05) is 121 Å². The van der Waals surface area contributed by atoms with E-state index in [1.165, 1.54) is 0 Å². The van der Waals surface area contributed by atoms with Gasteiger partial charge in [0.2, 0.25) is 0 Å². The van der Waals surface area contributed by atoms with E-state index in [1.807, 2.05) is 121 Å². The van der Waals surface area contributed by atoms with Gasteiger partial charge < -0.3 is 38.6 Å². The maximum absolute atomic E-state index is 10.1.